The first kappa shape index (κ1) is 16.5. The zero-order chi connectivity index (χ0) is 17.3. The molecule has 0 amide bonds. The maximum absolute atomic E-state index is 5.40. The minimum atomic E-state index is 0.913. The molecule has 0 unspecified atom stereocenters. The predicted molar refractivity (Wildman–Crippen MR) is 101 cm³/mol. The Morgan fingerprint density at radius 2 is 1.88 bits per heavy atom. The van der Waals surface area contributed by atoms with Crippen molar-refractivity contribution in [3.63, 3.8) is 0 Å². The molecule has 4 nitrogen and oxygen atoms in total. The summed E-state index contributed by atoms with van der Waals surface area (Å²) in [6, 6.07) is 8.28. The lowest BCUT2D eigenvalue weighted by molar-refractivity contribution is 0.411. The number of ether oxygens (including phenoxy) is 1. The Kier molecular flexibility index (Phi) is 4.53. The normalized spacial score (nSPS) is 10.7. The molecule has 0 aliphatic carbocycles. The van der Waals surface area contributed by atoms with Crippen LogP contribution >= 0.6 is 11.3 Å². The molecular formula is C19H21N3OS. The van der Waals surface area contributed by atoms with Gasteiger partial charge >= 0.3 is 0 Å². The molecule has 0 aliphatic heterocycles. The van der Waals surface area contributed by atoms with Gasteiger partial charge in [0.1, 0.15) is 16.6 Å². The van der Waals surface area contributed by atoms with Gasteiger partial charge in [-0.2, -0.15) is 0 Å². The Bertz CT molecular complexity index is 871. The third kappa shape index (κ3) is 3.12. The number of hydrogen-bond acceptors (Lipinski definition) is 5. The maximum Gasteiger partial charge on any atom is 0.128 e. The lowest BCUT2D eigenvalue weighted by Crippen LogP contribution is -2.10. The fourth-order valence-corrected chi connectivity index (χ4v) is 3.43. The van der Waals surface area contributed by atoms with Crippen LogP contribution in [-0.2, 0) is 0 Å². The second kappa shape index (κ2) is 6.61. The van der Waals surface area contributed by atoms with Crippen LogP contribution in [0.3, 0.4) is 0 Å². The van der Waals surface area contributed by atoms with Crippen molar-refractivity contribution in [3.05, 3.63) is 47.0 Å². The van der Waals surface area contributed by atoms with Gasteiger partial charge in [-0.25, -0.2) is 9.97 Å². The van der Waals surface area contributed by atoms with E-state index in [0.29, 0.717) is 0 Å². The fraction of sp³-hybridized carbons (Fsp3) is 0.263. The Morgan fingerprint density at radius 3 is 2.58 bits per heavy atom. The van der Waals surface area contributed by atoms with Crippen molar-refractivity contribution in [1.29, 1.82) is 0 Å². The Hall–Kier alpha value is -2.40. The van der Waals surface area contributed by atoms with Crippen LogP contribution in [0.15, 0.2) is 35.8 Å². The summed E-state index contributed by atoms with van der Waals surface area (Å²) >= 11 is 1.65. The molecule has 0 saturated carbocycles. The van der Waals surface area contributed by atoms with Gasteiger partial charge in [-0.1, -0.05) is 0 Å². The Morgan fingerprint density at radius 1 is 1.08 bits per heavy atom. The number of pyridine rings is 1. The molecular weight excluding hydrogens is 318 g/mol. The van der Waals surface area contributed by atoms with Crippen molar-refractivity contribution in [3.8, 4) is 27.6 Å². The van der Waals surface area contributed by atoms with Gasteiger partial charge < -0.3 is 9.64 Å². The number of benzene rings is 1. The van der Waals surface area contributed by atoms with Crippen molar-refractivity contribution in [1.82, 2.24) is 9.97 Å². The number of aryl methyl sites for hydroxylation is 2. The summed E-state index contributed by atoms with van der Waals surface area (Å²) in [5.74, 6) is 1.84. The van der Waals surface area contributed by atoms with Gasteiger partial charge in [0.2, 0.25) is 0 Å². The lowest BCUT2D eigenvalue weighted by atomic mass is 10.0. The van der Waals surface area contributed by atoms with Crippen molar-refractivity contribution in [2.24, 2.45) is 0 Å². The highest BCUT2D eigenvalue weighted by atomic mass is 32.1. The van der Waals surface area contributed by atoms with Gasteiger partial charge in [-0.05, 0) is 49.2 Å². The molecule has 1 aromatic carbocycles. The highest BCUT2D eigenvalue weighted by Gasteiger charge is 2.12. The summed E-state index contributed by atoms with van der Waals surface area (Å²) in [7, 11) is 5.68. The zero-order valence-corrected chi connectivity index (χ0v) is 15.4. The molecule has 0 radical (unpaired) electrons. The molecule has 0 spiro atoms. The first-order valence-corrected chi connectivity index (χ1v) is 8.62. The molecule has 2 aromatic heterocycles. The number of anilines is 1. The summed E-state index contributed by atoms with van der Waals surface area (Å²) in [4.78, 5) is 11.2. The molecule has 24 heavy (non-hydrogen) atoms. The van der Waals surface area contributed by atoms with E-state index in [9.17, 15) is 0 Å². The van der Waals surface area contributed by atoms with E-state index in [1.807, 2.05) is 31.3 Å². The standard InChI is InChI=1S/C19H21N3OS/c1-12-9-17(23-5)13(2)8-15(12)16-11-24-19(21-16)14-6-7-20-18(10-14)22(3)4/h6-11H,1-5H3. The number of rotatable bonds is 4. The molecule has 0 fully saturated rings. The average Bonchev–Trinajstić information content (AvgIpc) is 3.06. The van der Waals surface area contributed by atoms with E-state index < -0.39 is 0 Å². The third-order valence-corrected chi connectivity index (χ3v) is 4.86. The molecule has 0 saturated heterocycles. The molecule has 2 heterocycles. The third-order valence-electron chi connectivity index (χ3n) is 3.97. The smallest absolute Gasteiger partial charge is 0.128 e. The minimum Gasteiger partial charge on any atom is -0.496 e. The Labute approximate surface area is 146 Å². The van der Waals surface area contributed by atoms with E-state index >= 15 is 0 Å². The van der Waals surface area contributed by atoms with Crippen LogP contribution in [0.2, 0.25) is 0 Å². The van der Waals surface area contributed by atoms with Crippen LogP contribution in [-0.4, -0.2) is 31.2 Å². The van der Waals surface area contributed by atoms with Crippen molar-refractivity contribution in [2.45, 2.75) is 13.8 Å². The van der Waals surface area contributed by atoms with Crippen LogP contribution < -0.4 is 9.64 Å². The van der Waals surface area contributed by atoms with Crippen LogP contribution in [0.4, 0.5) is 5.82 Å². The quantitative estimate of drug-likeness (QED) is 0.698. The molecule has 0 aliphatic rings. The van der Waals surface area contributed by atoms with E-state index in [-0.39, 0.29) is 0 Å². The summed E-state index contributed by atoms with van der Waals surface area (Å²) in [5.41, 5.74) is 5.52. The minimum absolute atomic E-state index is 0.913. The number of hydrogen-bond donors (Lipinski definition) is 0. The van der Waals surface area contributed by atoms with Gasteiger partial charge in [0.05, 0.1) is 12.8 Å². The molecule has 5 heteroatoms. The summed E-state index contributed by atoms with van der Waals surface area (Å²) < 4.78 is 5.40. The number of aromatic nitrogens is 2. The largest absolute Gasteiger partial charge is 0.496 e. The van der Waals surface area contributed by atoms with Gasteiger partial charge in [0, 0.05) is 36.8 Å². The molecule has 0 N–H and O–H groups in total. The van der Waals surface area contributed by atoms with Crippen LogP contribution in [0, 0.1) is 13.8 Å². The van der Waals surface area contributed by atoms with E-state index in [2.05, 4.69) is 42.4 Å². The van der Waals surface area contributed by atoms with Crippen LogP contribution in [0.5, 0.6) is 5.75 Å². The first-order chi connectivity index (χ1) is 11.5. The molecule has 3 rings (SSSR count). The number of nitrogens with zero attached hydrogens (tertiary/aromatic N) is 3. The fourth-order valence-electron chi connectivity index (χ4n) is 2.61. The summed E-state index contributed by atoms with van der Waals surface area (Å²) in [6.07, 6.45) is 1.83. The highest BCUT2D eigenvalue weighted by Crippen LogP contribution is 2.34. The second-order valence-electron chi connectivity index (χ2n) is 5.97. The van der Waals surface area contributed by atoms with E-state index in [1.165, 1.54) is 0 Å². The van der Waals surface area contributed by atoms with Crippen LogP contribution in [0.25, 0.3) is 21.8 Å². The van der Waals surface area contributed by atoms with Crippen molar-refractivity contribution in [2.75, 3.05) is 26.1 Å². The average molecular weight is 339 g/mol. The zero-order valence-electron chi connectivity index (χ0n) is 14.6. The first-order valence-electron chi connectivity index (χ1n) is 7.74. The summed E-state index contributed by atoms with van der Waals surface area (Å²) in [6.45, 7) is 4.15. The van der Waals surface area contributed by atoms with E-state index in [1.54, 1.807) is 18.4 Å². The van der Waals surface area contributed by atoms with Crippen molar-refractivity contribution < 1.29 is 4.74 Å². The molecule has 0 bridgehead atoms. The highest BCUT2D eigenvalue weighted by molar-refractivity contribution is 7.13. The molecule has 124 valence electrons. The van der Waals surface area contributed by atoms with Gasteiger partial charge in [0.15, 0.2) is 0 Å². The van der Waals surface area contributed by atoms with Gasteiger partial charge in [-0.15, -0.1) is 11.3 Å². The number of methoxy groups -OCH3 is 1. The number of thiazole rings is 1. The monoisotopic (exact) mass is 339 g/mol. The lowest BCUT2D eigenvalue weighted by Gasteiger charge is -2.11. The van der Waals surface area contributed by atoms with E-state index in [0.717, 1.165) is 44.5 Å². The van der Waals surface area contributed by atoms with Gasteiger partial charge in [-0.3, -0.25) is 0 Å². The van der Waals surface area contributed by atoms with Crippen LogP contribution in [0.1, 0.15) is 11.1 Å². The molecule has 3 aromatic rings. The predicted octanol–water partition coefficient (Wildman–Crippen LogP) is 4.56. The van der Waals surface area contributed by atoms with Gasteiger partial charge in [0.25, 0.3) is 0 Å². The second-order valence-corrected chi connectivity index (χ2v) is 6.83. The SMILES string of the molecule is COc1cc(C)c(-c2csc(-c3ccnc(N(C)C)c3)n2)cc1C. The topological polar surface area (TPSA) is 38.2 Å². The maximum atomic E-state index is 5.40. The Balaban J connectivity index is 2.00. The van der Waals surface area contributed by atoms with E-state index in [4.69, 9.17) is 9.72 Å². The summed E-state index contributed by atoms with van der Waals surface area (Å²) in [5, 5.41) is 3.11. The molecule has 0 atom stereocenters. The van der Waals surface area contributed by atoms with Crippen molar-refractivity contribution >= 4 is 17.2 Å².